The number of nitrogens with one attached hydrogen (secondary N) is 1. The van der Waals surface area contributed by atoms with Crippen molar-refractivity contribution in [3.05, 3.63) is 100.0 Å². The third-order valence-corrected chi connectivity index (χ3v) is 6.14. The zero-order valence-corrected chi connectivity index (χ0v) is 19.2. The topological polar surface area (TPSA) is 57.6 Å². The zero-order chi connectivity index (χ0) is 23.0. The van der Waals surface area contributed by atoms with Gasteiger partial charge >= 0.3 is 0 Å². The van der Waals surface area contributed by atoms with Crippen molar-refractivity contribution < 1.29 is 4.79 Å². The minimum atomic E-state index is -0.299. The van der Waals surface area contributed by atoms with Gasteiger partial charge in [0.05, 0.1) is 6.54 Å². The van der Waals surface area contributed by atoms with Gasteiger partial charge in [0.25, 0.3) is 11.5 Å². The molecule has 1 aliphatic rings. The molecule has 4 rings (SSSR count). The molecule has 0 radical (unpaired) electrons. The average molecular weight is 445 g/mol. The fraction of sp³-hybridized carbons (Fsp3) is 0.333. The number of rotatable bonds is 8. The summed E-state index contributed by atoms with van der Waals surface area (Å²) in [6, 6.07) is 21.8. The third kappa shape index (κ3) is 6.11. The van der Waals surface area contributed by atoms with Crippen LogP contribution in [0.5, 0.6) is 0 Å². The lowest BCUT2D eigenvalue weighted by atomic mass is 10.2. The molecule has 6 nitrogen and oxygen atoms in total. The number of pyridine rings is 1. The minimum absolute atomic E-state index is 0.195. The Morgan fingerprint density at radius 2 is 1.73 bits per heavy atom. The van der Waals surface area contributed by atoms with E-state index in [4.69, 9.17) is 0 Å². The lowest BCUT2D eigenvalue weighted by Gasteiger charge is -2.36. The lowest BCUT2D eigenvalue weighted by molar-refractivity contribution is 0.0949. The SMILES string of the molecule is Cc1cccc(N2CCN(CCCNC(=O)c3cccn(Cc4ccccc4)c3=O)CC2)c1. The highest BCUT2D eigenvalue weighted by molar-refractivity contribution is 5.93. The first-order valence-corrected chi connectivity index (χ1v) is 11.7. The predicted octanol–water partition coefficient (Wildman–Crippen LogP) is 3.15. The van der Waals surface area contributed by atoms with Crippen LogP contribution in [0, 0.1) is 6.92 Å². The normalized spacial score (nSPS) is 14.3. The molecule has 1 amide bonds. The van der Waals surface area contributed by atoms with Gasteiger partial charge in [-0.2, -0.15) is 0 Å². The molecule has 6 heteroatoms. The Bertz CT molecular complexity index is 1120. The summed E-state index contributed by atoms with van der Waals surface area (Å²) in [6.45, 7) is 8.15. The largest absolute Gasteiger partial charge is 0.369 e. The number of hydrogen-bond donors (Lipinski definition) is 1. The number of amides is 1. The molecule has 33 heavy (non-hydrogen) atoms. The van der Waals surface area contributed by atoms with Gasteiger partial charge in [-0.1, -0.05) is 42.5 Å². The number of nitrogens with zero attached hydrogens (tertiary/aromatic N) is 3. The van der Waals surface area contributed by atoms with Crippen LogP contribution in [0.2, 0.25) is 0 Å². The molecule has 0 bridgehead atoms. The van der Waals surface area contributed by atoms with Gasteiger partial charge in [0, 0.05) is 44.6 Å². The maximum Gasteiger partial charge on any atom is 0.263 e. The van der Waals surface area contributed by atoms with Crippen molar-refractivity contribution in [3.63, 3.8) is 0 Å². The number of piperazine rings is 1. The Morgan fingerprint density at radius 1 is 0.939 bits per heavy atom. The quantitative estimate of drug-likeness (QED) is 0.543. The molecule has 172 valence electrons. The molecule has 0 spiro atoms. The maximum absolute atomic E-state index is 12.8. The van der Waals surface area contributed by atoms with Crippen LogP contribution < -0.4 is 15.8 Å². The minimum Gasteiger partial charge on any atom is -0.369 e. The molecule has 1 fully saturated rings. The van der Waals surface area contributed by atoms with Crippen molar-refractivity contribution in [1.82, 2.24) is 14.8 Å². The first-order valence-electron chi connectivity index (χ1n) is 11.7. The highest BCUT2D eigenvalue weighted by Crippen LogP contribution is 2.17. The van der Waals surface area contributed by atoms with Gasteiger partial charge in [-0.3, -0.25) is 14.5 Å². The van der Waals surface area contributed by atoms with E-state index in [9.17, 15) is 9.59 Å². The Kier molecular flexibility index (Phi) is 7.58. The highest BCUT2D eigenvalue weighted by Gasteiger charge is 2.17. The average Bonchev–Trinajstić information content (AvgIpc) is 2.84. The van der Waals surface area contributed by atoms with Gasteiger partial charge in [0.15, 0.2) is 0 Å². The molecule has 1 aliphatic heterocycles. The molecule has 0 unspecified atom stereocenters. The first-order chi connectivity index (χ1) is 16.1. The molecule has 1 N–H and O–H groups in total. The van der Waals surface area contributed by atoms with Gasteiger partial charge in [-0.15, -0.1) is 0 Å². The van der Waals surface area contributed by atoms with E-state index in [1.54, 1.807) is 22.9 Å². The molecule has 0 atom stereocenters. The van der Waals surface area contributed by atoms with Crippen LogP contribution in [0.25, 0.3) is 0 Å². The molecule has 0 aliphatic carbocycles. The van der Waals surface area contributed by atoms with Crippen LogP contribution in [0.4, 0.5) is 5.69 Å². The number of anilines is 1. The summed E-state index contributed by atoms with van der Waals surface area (Å²) >= 11 is 0. The van der Waals surface area contributed by atoms with E-state index in [2.05, 4.69) is 46.3 Å². The number of hydrogen-bond acceptors (Lipinski definition) is 4. The Labute approximate surface area is 195 Å². The monoisotopic (exact) mass is 444 g/mol. The van der Waals surface area contributed by atoms with Gasteiger partial charge < -0.3 is 14.8 Å². The lowest BCUT2D eigenvalue weighted by Crippen LogP contribution is -2.47. The summed E-state index contributed by atoms with van der Waals surface area (Å²) in [5, 5.41) is 2.92. The van der Waals surface area contributed by atoms with Crippen LogP contribution in [-0.2, 0) is 6.54 Å². The molecule has 3 aromatic rings. The highest BCUT2D eigenvalue weighted by atomic mass is 16.2. The molecule has 2 heterocycles. The third-order valence-electron chi connectivity index (χ3n) is 6.14. The second kappa shape index (κ2) is 11.0. The van der Waals surface area contributed by atoms with Gasteiger partial charge in [-0.25, -0.2) is 0 Å². The Morgan fingerprint density at radius 3 is 2.48 bits per heavy atom. The van der Waals surface area contributed by atoms with Gasteiger partial charge in [0.1, 0.15) is 5.56 Å². The standard InChI is InChI=1S/C27H32N4O2/c1-22-8-5-11-24(20-22)30-18-16-29(17-19-30)14-7-13-28-26(32)25-12-6-15-31(27(25)33)21-23-9-3-2-4-10-23/h2-6,8-12,15,20H,7,13-14,16-19,21H2,1H3,(H,28,32). The van der Waals surface area contributed by atoms with E-state index in [-0.39, 0.29) is 17.0 Å². The number of carbonyl (C=O) groups excluding carboxylic acids is 1. The number of aryl methyl sites for hydroxylation is 1. The second-order valence-corrected chi connectivity index (χ2v) is 8.62. The first kappa shape index (κ1) is 22.8. The van der Waals surface area contributed by atoms with Gasteiger partial charge in [-0.05, 0) is 55.3 Å². The summed E-state index contributed by atoms with van der Waals surface area (Å²) in [5.41, 5.74) is 3.55. The van der Waals surface area contributed by atoms with Crippen LogP contribution in [-0.4, -0.2) is 54.6 Å². The summed E-state index contributed by atoms with van der Waals surface area (Å²) < 4.78 is 1.58. The molecule has 0 saturated carbocycles. The van der Waals surface area contributed by atoms with Crippen LogP contribution in [0.1, 0.15) is 27.9 Å². The summed E-state index contributed by atoms with van der Waals surface area (Å²) in [7, 11) is 0. The number of carbonyl (C=O) groups is 1. The van der Waals surface area contributed by atoms with Crippen molar-refractivity contribution in [1.29, 1.82) is 0 Å². The maximum atomic E-state index is 12.8. The van der Waals surface area contributed by atoms with Crippen LogP contribution >= 0.6 is 0 Å². The van der Waals surface area contributed by atoms with E-state index < -0.39 is 0 Å². The summed E-state index contributed by atoms with van der Waals surface area (Å²) in [4.78, 5) is 30.2. The number of benzene rings is 2. The predicted molar refractivity (Wildman–Crippen MR) is 133 cm³/mol. The zero-order valence-electron chi connectivity index (χ0n) is 19.2. The Hall–Kier alpha value is -3.38. The van der Waals surface area contributed by atoms with E-state index in [1.165, 1.54) is 11.3 Å². The molecule has 2 aromatic carbocycles. The van der Waals surface area contributed by atoms with Crippen LogP contribution in [0.3, 0.4) is 0 Å². The summed E-state index contributed by atoms with van der Waals surface area (Å²) in [5.74, 6) is -0.299. The van der Waals surface area contributed by atoms with Crippen molar-refractivity contribution in [2.45, 2.75) is 19.9 Å². The van der Waals surface area contributed by atoms with E-state index in [0.29, 0.717) is 13.1 Å². The molecule has 1 saturated heterocycles. The van der Waals surface area contributed by atoms with Crippen molar-refractivity contribution in [2.75, 3.05) is 44.2 Å². The Balaban J connectivity index is 1.22. The van der Waals surface area contributed by atoms with Gasteiger partial charge in [0.2, 0.25) is 0 Å². The van der Waals surface area contributed by atoms with E-state index in [0.717, 1.165) is 44.7 Å². The van der Waals surface area contributed by atoms with Crippen molar-refractivity contribution in [2.24, 2.45) is 0 Å². The van der Waals surface area contributed by atoms with Crippen LogP contribution in [0.15, 0.2) is 77.7 Å². The molecule has 1 aromatic heterocycles. The van der Waals surface area contributed by atoms with Crippen molar-refractivity contribution >= 4 is 11.6 Å². The summed E-state index contributed by atoms with van der Waals surface area (Å²) in [6.07, 6.45) is 2.59. The van der Waals surface area contributed by atoms with Crippen molar-refractivity contribution in [3.8, 4) is 0 Å². The number of aromatic nitrogens is 1. The molecular formula is C27H32N4O2. The van der Waals surface area contributed by atoms with E-state index in [1.807, 2.05) is 30.3 Å². The fourth-order valence-electron chi connectivity index (χ4n) is 4.27. The smallest absolute Gasteiger partial charge is 0.263 e. The van der Waals surface area contributed by atoms with E-state index >= 15 is 0 Å². The second-order valence-electron chi connectivity index (χ2n) is 8.62. The molecular weight excluding hydrogens is 412 g/mol. The fourth-order valence-corrected chi connectivity index (χ4v) is 4.27.